The maximum atomic E-state index is 12.7. The fraction of sp³-hybridized carbons (Fsp3) is 0.400. The molecule has 0 aliphatic carbocycles. The molecular weight excluding hydrogens is 371 g/mol. The van der Waals surface area contributed by atoms with Crippen LogP contribution in [0.5, 0.6) is 0 Å². The molecule has 9 heteroatoms. The first-order valence-corrected chi connectivity index (χ1v) is 9.84. The largest absolute Gasteiger partial charge is 0.369 e. The quantitative estimate of drug-likeness (QED) is 0.807. The molecule has 0 spiro atoms. The van der Waals surface area contributed by atoms with Gasteiger partial charge in [0.05, 0.1) is 16.2 Å². The number of anilines is 1. The number of benzene rings is 1. The molecule has 24 heavy (non-hydrogen) atoms. The van der Waals surface area contributed by atoms with Gasteiger partial charge in [-0.05, 0) is 25.1 Å². The molecule has 0 atom stereocenters. The average Bonchev–Trinajstić information content (AvgIpc) is 3.07. The zero-order valence-electron chi connectivity index (χ0n) is 13.2. The second-order valence-electron chi connectivity index (χ2n) is 5.52. The summed E-state index contributed by atoms with van der Waals surface area (Å²) in [4.78, 5) is 2.34. The van der Waals surface area contributed by atoms with Crippen LogP contribution in [0.15, 0.2) is 35.5 Å². The van der Waals surface area contributed by atoms with Gasteiger partial charge in [-0.15, -0.1) is 0 Å². The molecule has 1 aliphatic rings. The van der Waals surface area contributed by atoms with Crippen LogP contribution < -0.4 is 4.90 Å². The van der Waals surface area contributed by atoms with Crippen LogP contribution in [0.4, 0.5) is 5.69 Å². The molecule has 0 amide bonds. The molecule has 1 saturated heterocycles. The van der Waals surface area contributed by atoms with Crippen molar-refractivity contribution in [1.29, 1.82) is 0 Å². The first-order valence-electron chi connectivity index (χ1n) is 7.64. The minimum atomic E-state index is -3.50. The standard InChI is InChI=1S/C15H18Cl2N4O2S/c1-2-20-11-13(10-18-20)24(22,23)21-7-5-19(6-8-21)12-3-4-14(16)15(17)9-12/h3-4,9-11H,2,5-8H2,1H3. The zero-order chi connectivity index (χ0) is 17.3. The first-order chi connectivity index (χ1) is 11.4. The molecule has 0 radical (unpaired) electrons. The van der Waals surface area contributed by atoms with Crippen LogP contribution in [0.3, 0.4) is 0 Å². The molecule has 2 aromatic rings. The summed E-state index contributed by atoms with van der Waals surface area (Å²) in [5, 5.41) is 5.05. The monoisotopic (exact) mass is 388 g/mol. The number of hydrogen-bond acceptors (Lipinski definition) is 4. The van der Waals surface area contributed by atoms with E-state index in [4.69, 9.17) is 23.2 Å². The highest BCUT2D eigenvalue weighted by Crippen LogP contribution is 2.28. The first kappa shape index (κ1) is 17.5. The summed E-state index contributed by atoms with van der Waals surface area (Å²) in [5.74, 6) is 0. The van der Waals surface area contributed by atoms with Crippen molar-refractivity contribution in [2.24, 2.45) is 0 Å². The Morgan fingerprint density at radius 2 is 1.83 bits per heavy atom. The van der Waals surface area contributed by atoms with Crippen molar-refractivity contribution in [3.05, 3.63) is 40.6 Å². The summed E-state index contributed by atoms with van der Waals surface area (Å²) >= 11 is 12.0. The van der Waals surface area contributed by atoms with E-state index in [9.17, 15) is 8.42 Å². The van der Waals surface area contributed by atoms with Crippen molar-refractivity contribution < 1.29 is 8.42 Å². The minimum absolute atomic E-state index is 0.243. The number of aryl methyl sites for hydroxylation is 1. The van der Waals surface area contributed by atoms with Crippen LogP contribution in [0, 0.1) is 0 Å². The van der Waals surface area contributed by atoms with E-state index >= 15 is 0 Å². The van der Waals surface area contributed by atoms with Gasteiger partial charge in [0.1, 0.15) is 4.90 Å². The molecule has 1 aliphatic heterocycles. The zero-order valence-corrected chi connectivity index (χ0v) is 15.5. The predicted molar refractivity (Wildman–Crippen MR) is 95.3 cm³/mol. The van der Waals surface area contributed by atoms with E-state index in [0.717, 1.165) is 5.69 Å². The van der Waals surface area contributed by atoms with E-state index in [1.54, 1.807) is 23.0 Å². The third-order valence-corrected chi connectivity index (χ3v) is 6.67. The van der Waals surface area contributed by atoms with Crippen LogP contribution in [-0.2, 0) is 16.6 Å². The fourth-order valence-corrected chi connectivity index (χ4v) is 4.34. The normalized spacial score (nSPS) is 16.5. The van der Waals surface area contributed by atoms with Gasteiger partial charge in [0.25, 0.3) is 0 Å². The number of rotatable bonds is 4. The van der Waals surface area contributed by atoms with Gasteiger partial charge < -0.3 is 4.90 Å². The number of aromatic nitrogens is 2. The molecular formula is C15H18Cl2N4O2S. The van der Waals surface area contributed by atoms with Crippen LogP contribution >= 0.6 is 23.2 Å². The van der Waals surface area contributed by atoms with Crippen molar-refractivity contribution >= 4 is 38.9 Å². The van der Waals surface area contributed by atoms with E-state index in [1.165, 1.54) is 10.5 Å². The second kappa shape index (κ2) is 6.92. The number of hydrogen-bond donors (Lipinski definition) is 0. The lowest BCUT2D eigenvalue weighted by Crippen LogP contribution is -2.48. The van der Waals surface area contributed by atoms with Gasteiger partial charge in [0, 0.05) is 44.6 Å². The van der Waals surface area contributed by atoms with E-state index in [0.29, 0.717) is 42.8 Å². The molecule has 3 rings (SSSR count). The lowest BCUT2D eigenvalue weighted by molar-refractivity contribution is 0.385. The lowest BCUT2D eigenvalue weighted by Gasteiger charge is -2.35. The molecule has 0 N–H and O–H groups in total. The van der Waals surface area contributed by atoms with E-state index in [1.807, 2.05) is 13.0 Å². The van der Waals surface area contributed by atoms with Crippen LogP contribution in [-0.4, -0.2) is 48.7 Å². The Labute approximate surface area is 151 Å². The third-order valence-electron chi connectivity index (χ3n) is 4.08. The minimum Gasteiger partial charge on any atom is -0.369 e. The van der Waals surface area contributed by atoms with E-state index in [-0.39, 0.29) is 4.90 Å². The molecule has 1 fully saturated rings. The summed E-state index contributed by atoms with van der Waals surface area (Å²) in [6, 6.07) is 5.45. The van der Waals surface area contributed by atoms with Gasteiger partial charge in [0.15, 0.2) is 0 Å². The highest BCUT2D eigenvalue weighted by atomic mass is 35.5. The number of piperazine rings is 1. The van der Waals surface area contributed by atoms with Gasteiger partial charge in [-0.25, -0.2) is 8.42 Å². The van der Waals surface area contributed by atoms with Crippen molar-refractivity contribution in [1.82, 2.24) is 14.1 Å². The molecule has 0 bridgehead atoms. The lowest BCUT2D eigenvalue weighted by atomic mass is 10.2. The number of nitrogens with zero attached hydrogens (tertiary/aromatic N) is 4. The highest BCUT2D eigenvalue weighted by Gasteiger charge is 2.29. The Morgan fingerprint density at radius 1 is 1.12 bits per heavy atom. The molecule has 0 saturated carbocycles. The summed E-state index contributed by atoms with van der Waals surface area (Å²) in [5.41, 5.74) is 0.945. The Kier molecular flexibility index (Phi) is 5.05. The van der Waals surface area contributed by atoms with Gasteiger partial charge in [-0.1, -0.05) is 23.2 Å². The summed E-state index contributed by atoms with van der Waals surface area (Å²) < 4.78 is 28.5. The maximum absolute atomic E-state index is 12.7. The molecule has 130 valence electrons. The third kappa shape index (κ3) is 3.39. The smallest absolute Gasteiger partial charge is 0.246 e. The number of halogens is 2. The Morgan fingerprint density at radius 3 is 2.42 bits per heavy atom. The van der Waals surface area contributed by atoms with Crippen LogP contribution in [0.2, 0.25) is 10.0 Å². The van der Waals surface area contributed by atoms with Crippen molar-refractivity contribution in [2.45, 2.75) is 18.4 Å². The highest BCUT2D eigenvalue weighted by molar-refractivity contribution is 7.89. The van der Waals surface area contributed by atoms with Crippen LogP contribution in [0.25, 0.3) is 0 Å². The Hall–Kier alpha value is -1.28. The number of sulfonamides is 1. The topological polar surface area (TPSA) is 58.4 Å². The van der Waals surface area contributed by atoms with Crippen LogP contribution in [0.1, 0.15) is 6.92 Å². The van der Waals surface area contributed by atoms with E-state index < -0.39 is 10.0 Å². The van der Waals surface area contributed by atoms with Crippen molar-refractivity contribution in [3.63, 3.8) is 0 Å². The molecule has 1 aromatic carbocycles. The predicted octanol–water partition coefficient (Wildman–Crippen LogP) is 2.72. The SMILES string of the molecule is CCn1cc(S(=O)(=O)N2CCN(c3ccc(Cl)c(Cl)c3)CC2)cn1. The fourth-order valence-electron chi connectivity index (χ4n) is 2.67. The molecule has 6 nitrogen and oxygen atoms in total. The average molecular weight is 389 g/mol. The van der Waals surface area contributed by atoms with Gasteiger partial charge in [-0.3, -0.25) is 4.68 Å². The second-order valence-corrected chi connectivity index (χ2v) is 8.27. The van der Waals surface area contributed by atoms with Gasteiger partial charge in [-0.2, -0.15) is 9.40 Å². The Balaban J connectivity index is 1.71. The van der Waals surface area contributed by atoms with E-state index in [2.05, 4.69) is 10.00 Å². The molecule has 1 aromatic heterocycles. The maximum Gasteiger partial charge on any atom is 0.246 e. The van der Waals surface area contributed by atoms with Crippen molar-refractivity contribution in [2.75, 3.05) is 31.1 Å². The van der Waals surface area contributed by atoms with Gasteiger partial charge >= 0.3 is 0 Å². The van der Waals surface area contributed by atoms with Gasteiger partial charge in [0.2, 0.25) is 10.0 Å². The molecule has 2 heterocycles. The van der Waals surface area contributed by atoms with Crippen molar-refractivity contribution in [3.8, 4) is 0 Å². The Bertz CT molecular complexity index is 830. The molecule has 0 unspecified atom stereocenters. The summed E-state index contributed by atoms with van der Waals surface area (Å²) in [6.45, 7) is 4.58. The summed E-state index contributed by atoms with van der Waals surface area (Å²) in [7, 11) is -3.50. The summed E-state index contributed by atoms with van der Waals surface area (Å²) in [6.07, 6.45) is 2.98.